The maximum absolute atomic E-state index is 11.9. The Morgan fingerprint density at radius 2 is 1.94 bits per heavy atom. The average molecular weight is 240 g/mol. The van der Waals surface area contributed by atoms with Crippen LogP contribution >= 0.6 is 0 Å². The number of carboxylic acids is 1. The Bertz CT molecular complexity index is 307. The molecule has 1 saturated heterocycles. The monoisotopic (exact) mass is 240 g/mol. The molecule has 2 aliphatic rings. The second-order valence-electron chi connectivity index (χ2n) is 5.10. The maximum atomic E-state index is 11.9. The minimum absolute atomic E-state index is 0.214. The number of urea groups is 1. The third-order valence-corrected chi connectivity index (χ3v) is 4.02. The first-order chi connectivity index (χ1) is 8.11. The quantitative estimate of drug-likeness (QED) is 0.781. The van der Waals surface area contributed by atoms with Crippen LogP contribution in [-0.2, 0) is 4.79 Å². The van der Waals surface area contributed by atoms with Gasteiger partial charge in [-0.05, 0) is 31.1 Å². The molecule has 0 aromatic rings. The second kappa shape index (κ2) is 4.94. The first-order valence-corrected chi connectivity index (χ1v) is 6.40. The van der Waals surface area contributed by atoms with Crippen molar-refractivity contribution in [2.75, 3.05) is 13.1 Å². The highest BCUT2D eigenvalue weighted by Crippen LogP contribution is 2.37. The number of hydrogen-bond donors (Lipinski definition) is 2. The van der Waals surface area contributed by atoms with Crippen LogP contribution in [0.1, 0.15) is 32.6 Å². The normalized spacial score (nSPS) is 28.9. The summed E-state index contributed by atoms with van der Waals surface area (Å²) < 4.78 is 0. The number of fused-ring (bicyclic) bond motifs is 1. The molecular weight excluding hydrogens is 220 g/mol. The van der Waals surface area contributed by atoms with E-state index in [1.54, 1.807) is 11.8 Å². The molecular formula is C12H20N2O3. The van der Waals surface area contributed by atoms with Gasteiger partial charge < -0.3 is 15.3 Å². The summed E-state index contributed by atoms with van der Waals surface area (Å²) in [7, 11) is 0. The Balaban J connectivity index is 1.86. The largest absolute Gasteiger partial charge is 0.480 e. The number of aliphatic carboxylic acids is 1. The molecule has 1 heterocycles. The zero-order valence-electron chi connectivity index (χ0n) is 10.2. The first kappa shape index (κ1) is 12.2. The zero-order valence-corrected chi connectivity index (χ0v) is 10.2. The third kappa shape index (κ3) is 2.53. The van der Waals surface area contributed by atoms with Crippen LogP contribution in [0.4, 0.5) is 4.79 Å². The summed E-state index contributed by atoms with van der Waals surface area (Å²) in [6.07, 6.45) is 4.12. The van der Waals surface area contributed by atoms with Crippen LogP contribution in [0.2, 0.25) is 0 Å². The molecule has 0 radical (unpaired) electrons. The van der Waals surface area contributed by atoms with Gasteiger partial charge in [0, 0.05) is 13.1 Å². The fraction of sp³-hybridized carbons (Fsp3) is 0.833. The van der Waals surface area contributed by atoms with Crippen LogP contribution in [0.5, 0.6) is 0 Å². The Hall–Kier alpha value is -1.26. The Labute approximate surface area is 101 Å². The van der Waals surface area contributed by atoms with Gasteiger partial charge in [-0.3, -0.25) is 0 Å². The van der Waals surface area contributed by atoms with E-state index < -0.39 is 12.0 Å². The highest BCUT2D eigenvalue weighted by Gasteiger charge is 2.38. The summed E-state index contributed by atoms with van der Waals surface area (Å²) in [5, 5.41) is 11.5. The molecule has 2 amide bonds. The predicted octanol–water partition coefficient (Wildman–Crippen LogP) is 1.29. The minimum atomic E-state index is -0.958. The van der Waals surface area contributed by atoms with Crippen molar-refractivity contribution in [1.29, 1.82) is 0 Å². The molecule has 2 rings (SSSR count). The van der Waals surface area contributed by atoms with Gasteiger partial charge in [0.25, 0.3) is 0 Å². The summed E-state index contributed by atoms with van der Waals surface area (Å²) in [5.41, 5.74) is 0. The van der Waals surface area contributed by atoms with Crippen molar-refractivity contribution < 1.29 is 14.7 Å². The minimum Gasteiger partial charge on any atom is -0.480 e. The highest BCUT2D eigenvalue weighted by molar-refractivity contribution is 5.82. The van der Waals surface area contributed by atoms with Gasteiger partial charge in [-0.25, -0.2) is 9.59 Å². The van der Waals surface area contributed by atoms with Crippen molar-refractivity contribution in [2.45, 2.75) is 38.6 Å². The molecule has 2 N–H and O–H groups in total. The number of nitrogens with zero attached hydrogens (tertiary/aromatic N) is 1. The molecule has 17 heavy (non-hydrogen) atoms. The number of likely N-dealkylation sites (tertiary alicyclic amines) is 1. The summed E-state index contributed by atoms with van der Waals surface area (Å²) in [6, 6.07) is -0.975. The molecule has 1 aliphatic heterocycles. The number of hydrogen-bond acceptors (Lipinski definition) is 2. The number of rotatable bonds is 3. The Morgan fingerprint density at radius 1 is 1.35 bits per heavy atom. The van der Waals surface area contributed by atoms with Gasteiger partial charge in [-0.1, -0.05) is 13.3 Å². The SMILES string of the molecule is CC[C@H](NC(=O)N1CC2CCCC2C1)C(=O)O. The fourth-order valence-electron chi connectivity index (χ4n) is 2.98. The summed E-state index contributed by atoms with van der Waals surface area (Å²) in [6.45, 7) is 3.36. The van der Waals surface area contributed by atoms with Gasteiger partial charge in [0.15, 0.2) is 0 Å². The number of carbonyl (C=O) groups is 2. The topological polar surface area (TPSA) is 69.6 Å². The number of nitrogens with one attached hydrogen (secondary N) is 1. The fourth-order valence-corrected chi connectivity index (χ4v) is 2.98. The molecule has 96 valence electrons. The molecule has 5 heteroatoms. The lowest BCUT2D eigenvalue weighted by Gasteiger charge is -2.20. The van der Waals surface area contributed by atoms with Gasteiger partial charge >= 0.3 is 12.0 Å². The molecule has 0 aromatic carbocycles. The van der Waals surface area contributed by atoms with E-state index in [2.05, 4.69) is 5.32 Å². The molecule has 5 nitrogen and oxygen atoms in total. The number of carboxylic acid groups (broad SMARTS) is 1. The predicted molar refractivity (Wildman–Crippen MR) is 62.7 cm³/mol. The van der Waals surface area contributed by atoms with E-state index in [0.29, 0.717) is 18.3 Å². The summed E-state index contributed by atoms with van der Waals surface area (Å²) in [4.78, 5) is 24.5. The lowest BCUT2D eigenvalue weighted by molar-refractivity contribution is -0.139. The Kier molecular flexibility index (Phi) is 3.54. The van der Waals surface area contributed by atoms with Crippen molar-refractivity contribution in [3.05, 3.63) is 0 Å². The van der Waals surface area contributed by atoms with Crippen molar-refractivity contribution in [3.63, 3.8) is 0 Å². The lowest BCUT2D eigenvalue weighted by Crippen LogP contribution is -2.47. The summed E-state index contributed by atoms with van der Waals surface area (Å²) in [5.74, 6) is 0.330. The van der Waals surface area contributed by atoms with E-state index in [9.17, 15) is 9.59 Å². The van der Waals surface area contributed by atoms with Crippen LogP contribution in [0.3, 0.4) is 0 Å². The van der Waals surface area contributed by atoms with E-state index >= 15 is 0 Å². The van der Waals surface area contributed by atoms with Gasteiger partial charge in [-0.2, -0.15) is 0 Å². The van der Waals surface area contributed by atoms with Crippen molar-refractivity contribution in [2.24, 2.45) is 11.8 Å². The van der Waals surface area contributed by atoms with Crippen LogP contribution in [0.15, 0.2) is 0 Å². The summed E-state index contributed by atoms with van der Waals surface area (Å²) >= 11 is 0. The average Bonchev–Trinajstić information content (AvgIpc) is 2.84. The van der Waals surface area contributed by atoms with E-state index in [1.807, 2.05) is 0 Å². The number of carbonyl (C=O) groups excluding carboxylic acids is 1. The molecule has 3 atom stereocenters. The molecule has 1 saturated carbocycles. The standard InChI is InChI=1S/C12H20N2O3/c1-2-10(11(15)16)13-12(17)14-6-8-4-3-5-9(8)7-14/h8-10H,2-7H2,1H3,(H,13,17)(H,15,16)/t8?,9?,10-/m0/s1. The van der Waals surface area contributed by atoms with Crippen LogP contribution < -0.4 is 5.32 Å². The van der Waals surface area contributed by atoms with E-state index in [1.165, 1.54) is 19.3 Å². The van der Waals surface area contributed by atoms with Gasteiger partial charge in [0.1, 0.15) is 6.04 Å². The third-order valence-electron chi connectivity index (χ3n) is 4.02. The van der Waals surface area contributed by atoms with Crippen molar-refractivity contribution >= 4 is 12.0 Å². The second-order valence-corrected chi connectivity index (χ2v) is 5.10. The van der Waals surface area contributed by atoms with Crippen molar-refractivity contribution in [1.82, 2.24) is 10.2 Å². The van der Waals surface area contributed by atoms with Gasteiger partial charge in [0.05, 0.1) is 0 Å². The van der Waals surface area contributed by atoms with Crippen LogP contribution in [0.25, 0.3) is 0 Å². The van der Waals surface area contributed by atoms with Crippen molar-refractivity contribution in [3.8, 4) is 0 Å². The first-order valence-electron chi connectivity index (χ1n) is 6.40. The Morgan fingerprint density at radius 3 is 2.41 bits per heavy atom. The highest BCUT2D eigenvalue weighted by atomic mass is 16.4. The smallest absolute Gasteiger partial charge is 0.326 e. The van der Waals surface area contributed by atoms with Crippen LogP contribution in [-0.4, -0.2) is 41.1 Å². The molecule has 2 unspecified atom stereocenters. The van der Waals surface area contributed by atoms with E-state index in [0.717, 1.165) is 13.1 Å². The molecule has 2 fully saturated rings. The molecule has 0 spiro atoms. The number of amides is 2. The van der Waals surface area contributed by atoms with E-state index in [4.69, 9.17) is 5.11 Å². The lowest BCUT2D eigenvalue weighted by atomic mass is 10.0. The molecule has 0 bridgehead atoms. The molecule has 0 aromatic heterocycles. The van der Waals surface area contributed by atoms with Crippen LogP contribution in [0, 0.1) is 11.8 Å². The van der Waals surface area contributed by atoms with Gasteiger partial charge in [0.2, 0.25) is 0 Å². The van der Waals surface area contributed by atoms with Gasteiger partial charge in [-0.15, -0.1) is 0 Å². The van der Waals surface area contributed by atoms with E-state index in [-0.39, 0.29) is 6.03 Å². The zero-order chi connectivity index (χ0) is 12.4. The molecule has 1 aliphatic carbocycles. The maximum Gasteiger partial charge on any atom is 0.326 e.